The van der Waals surface area contributed by atoms with Gasteiger partial charge >= 0.3 is 17.9 Å². The fourth-order valence-electron chi connectivity index (χ4n) is 2.97. The van der Waals surface area contributed by atoms with E-state index in [1.54, 1.807) is 0 Å². The molecule has 188 valence electrons. The fourth-order valence-corrected chi connectivity index (χ4v) is 2.97. The number of carboxylic acids is 3. The third-order valence-corrected chi connectivity index (χ3v) is 4.50. The number of benzene rings is 1. The van der Waals surface area contributed by atoms with E-state index >= 15 is 0 Å². The summed E-state index contributed by atoms with van der Waals surface area (Å²) in [4.78, 5) is 38.1. The number of rotatable bonds is 10. The van der Waals surface area contributed by atoms with Crippen molar-refractivity contribution in [2.24, 2.45) is 0 Å². The third-order valence-electron chi connectivity index (χ3n) is 4.50. The van der Waals surface area contributed by atoms with E-state index in [4.69, 9.17) is 20.4 Å². The van der Waals surface area contributed by atoms with Crippen LogP contribution in [0.25, 0.3) is 0 Å². The highest BCUT2D eigenvalue weighted by molar-refractivity contribution is 5.88. The second kappa shape index (κ2) is 11.2. The molecule has 0 saturated carbocycles. The summed E-state index contributed by atoms with van der Waals surface area (Å²) in [5.41, 5.74) is -4.49. The van der Waals surface area contributed by atoms with Crippen LogP contribution in [0.3, 0.4) is 0 Å². The zero-order chi connectivity index (χ0) is 26.2. The molecule has 35 heavy (non-hydrogen) atoms. The van der Waals surface area contributed by atoms with Crippen LogP contribution in [-0.2, 0) is 33.1 Å². The monoisotopic (exact) mass is 498 g/mol. The molecule has 0 aliphatic heterocycles. The van der Waals surface area contributed by atoms with Gasteiger partial charge in [0.1, 0.15) is 42.5 Å². The first-order valence-corrected chi connectivity index (χ1v) is 9.57. The molecule has 1 aromatic carbocycles. The molecule has 3 aromatic rings. The molecular weight excluding hydrogens is 478 g/mol. The van der Waals surface area contributed by atoms with Gasteiger partial charge in [0.25, 0.3) is 0 Å². The van der Waals surface area contributed by atoms with Gasteiger partial charge in [0.05, 0.1) is 25.9 Å². The molecule has 0 atom stereocenters. The summed E-state index contributed by atoms with van der Waals surface area (Å²) < 4.78 is 29.9. The molecule has 0 unspecified atom stereocenters. The van der Waals surface area contributed by atoms with Crippen LogP contribution < -0.4 is 0 Å². The lowest BCUT2D eigenvalue weighted by molar-refractivity contribution is -0.170. The zero-order valence-corrected chi connectivity index (χ0v) is 17.8. The van der Waals surface area contributed by atoms with Crippen LogP contribution in [0.2, 0.25) is 0 Å². The molecule has 2 heterocycles. The summed E-state index contributed by atoms with van der Waals surface area (Å²) in [6.45, 7) is -0.148. The lowest BCUT2D eigenvalue weighted by Crippen LogP contribution is -2.42. The van der Waals surface area contributed by atoms with Crippen molar-refractivity contribution in [2.45, 2.75) is 37.1 Å². The van der Waals surface area contributed by atoms with Crippen molar-refractivity contribution in [1.29, 1.82) is 0 Å². The molecule has 0 fully saturated rings. The molecule has 0 spiro atoms. The molecule has 0 saturated heterocycles. The highest BCUT2D eigenvalue weighted by Gasteiger charge is 2.40. The standard InChI is InChI=1S/C13H12F2N6O.C6H8O7/c14-10-1-2-11(12(15)3-10)13(22,4-20-8-16-6-18-20)5-21-9-17-7-19-21;7-3(8)1-6(13,5(11)12)2-4(9)10/h1-3,6-9,22H,4-5H2;13H,1-2H2,(H,7,8)(H,9,10)(H,11,12). The van der Waals surface area contributed by atoms with E-state index in [9.17, 15) is 28.3 Å². The van der Waals surface area contributed by atoms with E-state index in [0.29, 0.717) is 0 Å². The highest BCUT2D eigenvalue weighted by Crippen LogP contribution is 2.28. The zero-order valence-electron chi connectivity index (χ0n) is 17.8. The van der Waals surface area contributed by atoms with Crippen molar-refractivity contribution < 1.29 is 48.7 Å². The van der Waals surface area contributed by atoms with Crippen LogP contribution >= 0.6 is 0 Å². The molecule has 0 aliphatic rings. The van der Waals surface area contributed by atoms with Gasteiger partial charge in [0, 0.05) is 11.6 Å². The minimum absolute atomic E-state index is 0.0556. The molecule has 14 nitrogen and oxygen atoms in total. The predicted molar refractivity (Wildman–Crippen MR) is 107 cm³/mol. The van der Waals surface area contributed by atoms with Gasteiger partial charge in [-0.05, 0) is 6.07 Å². The quantitative estimate of drug-likeness (QED) is 0.239. The van der Waals surface area contributed by atoms with Crippen LogP contribution in [0.15, 0.2) is 43.5 Å². The largest absolute Gasteiger partial charge is 0.481 e. The Hall–Kier alpha value is -4.31. The normalized spacial score (nSPS) is 11.4. The minimum atomic E-state index is -2.74. The number of carbonyl (C=O) groups is 3. The van der Waals surface area contributed by atoms with Crippen LogP contribution in [-0.4, -0.2) is 78.6 Å². The topological polar surface area (TPSA) is 214 Å². The summed E-state index contributed by atoms with van der Waals surface area (Å²) in [6, 6.07) is 3.02. The molecule has 16 heteroatoms. The van der Waals surface area contributed by atoms with E-state index in [1.165, 1.54) is 40.7 Å². The highest BCUT2D eigenvalue weighted by atomic mass is 19.1. The molecule has 0 amide bonds. The summed E-state index contributed by atoms with van der Waals surface area (Å²) in [7, 11) is 0. The minimum Gasteiger partial charge on any atom is -0.481 e. The number of carboxylic acid groups (broad SMARTS) is 3. The van der Waals surface area contributed by atoms with Crippen LogP contribution in [0.1, 0.15) is 18.4 Å². The molecule has 2 aromatic heterocycles. The maximum Gasteiger partial charge on any atom is 0.336 e. The van der Waals surface area contributed by atoms with Gasteiger partial charge in [-0.2, -0.15) is 10.2 Å². The molecule has 3 rings (SSSR count). The van der Waals surface area contributed by atoms with Crippen molar-refractivity contribution in [3.63, 3.8) is 0 Å². The summed E-state index contributed by atoms with van der Waals surface area (Å²) >= 11 is 0. The SMILES string of the molecule is O=C(O)CC(O)(CC(=O)O)C(=O)O.OC(Cn1cncn1)(Cn1cncn1)c1ccc(F)cc1F. The first kappa shape index (κ1) is 26.9. The molecule has 0 aliphatic carbocycles. The summed E-state index contributed by atoms with van der Waals surface area (Å²) in [5.74, 6) is -6.58. The lowest BCUT2D eigenvalue weighted by atomic mass is 9.93. The van der Waals surface area contributed by atoms with E-state index in [-0.39, 0.29) is 18.7 Å². The number of halogens is 2. The average Bonchev–Trinajstić information content (AvgIpc) is 3.41. The van der Waals surface area contributed by atoms with Crippen molar-refractivity contribution in [2.75, 3.05) is 0 Å². The van der Waals surface area contributed by atoms with E-state index in [1.807, 2.05) is 0 Å². The number of hydrogen-bond acceptors (Lipinski definition) is 9. The number of aliphatic carboxylic acids is 3. The van der Waals surface area contributed by atoms with Crippen LogP contribution in [0, 0.1) is 11.6 Å². The number of hydrogen-bond donors (Lipinski definition) is 5. The van der Waals surface area contributed by atoms with Gasteiger partial charge in [-0.25, -0.2) is 32.9 Å². The van der Waals surface area contributed by atoms with E-state index < -0.39 is 53.6 Å². The Morgan fingerprint density at radius 3 is 1.69 bits per heavy atom. The Kier molecular flexibility index (Phi) is 8.63. The van der Waals surface area contributed by atoms with Crippen molar-refractivity contribution >= 4 is 17.9 Å². The molecular formula is C19H20F2N6O8. The first-order valence-electron chi connectivity index (χ1n) is 9.57. The predicted octanol–water partition coefficient (Wildman–Crippen LogP) is -0.513. The van der Waals surface area contributed by atoms with Gasteiger partial charge in [-0.1, -0.05) is 6.07 Å². The van der Waals surface area contributed by atoms with E-state index in [2.05, 4.69) is 20.2 Å². The summed E-state index contributed by atoms with van der Waals surface area (Å²) in [5, 5.41) is 52.6. The molecule has 0 bridgehead atoms. The Morgan fingerprint density at radius 2 is 1.34 bits per heavy atom. The Bertz CT molecular complexity index is 1100. The van der Waals surface area contributed by atoms with Gasteiger partial charge in [0.15, 0.2) is 5.60 Å². The van der Waals surface area contributed by atoms with Crippen molar-refractivity contribution in [3.05, 3.63) is 60.7 Å². The second-order valence-electron chi connectivity index (χ2n) is 7.32. The van der Waals surface area contributed by atoms with E-state index in [0.717, 1.165) is 12.1 Å². The average molecular weight is 498 g/mol. The van der Waals surface area contributed by atoms with Gasteiger partial charge < -0.3 is 25.5 Å². The maximum atomic E-state index is 14.1. The van der Waals surface area contributed by atoms with Gasteiger partial charge in [0.2, 0.25) is 0 Å². The Morgan fingerprint density at radius 1 is 0.857 bits per heavy atom. The third kappa shape index (κ3) is 7.61. The summed E-state index contributed by atoms with van der Waals surface area (Å²) in [6.07, 6.45) is 3.11. The van der Waals surface area contributed by atoms with Gasteiger partial charge in [-0.3, -0.25) is 9.59 Å². The smallest absolute Gasteiger partial charge is 0.336 e. The van der Waals surface area contributed by atoms with Crippen LogP contribution in [0.4, 0.5) is 8.78 Å². The number of nitrogens with zero attached hydrogens (tertiary/aromatic N) is 6. The molecule has 0 radical (unpaired) electrons. The van der Waals surface area contributed by atoms with Crippen LogP contribution in [0.5, 0.6) is 0 Å². The fraction of sp³-hybridized carbons (Fsp3) is 0.316. The van der Waals surface area contributed by atoms with Gasteiger partial charge in [-0.15, -0.1) is 0 Å². The second-order valence-corrected chi connectivity index (χ2v) is 7.32. The Labute approximate surface area is 194 Å². The van der Waals surface area contributed by atoms with Crippen molar-refractivity contribution in [3.8, 4) is 0 Å². The Balaban J connectivity index is 0.000000287. The first-order chi connectivity index (χ1) is 16.3. The van der Waals surface area contributed by atoms with Crippen molar-refractivity contribution in [1.82, 2.24) is 29.5 Å². The maximum absolute atomic E-state index is 14.1. The number of aliphatic hydroxyl groups is 2. The number of aromatic nitrogens is 6. The molecule has 5 N–H and O–H groups in total. The lowest BCUT2D eigenvalue weighted by Gasteiger charge is -2.28.